The highest BCUT2D eigenvalue weighted by molar-refractivity contribution is 5.66. The Morgan fingerprint density at radius 1 is 1.33 bits per heavy atom. The molecule has 0 aromatic heterocycles. The van der Waals surface area contributed by atoms with Crippen LogP contribution < -0.4 is 10.9 Å². The van der Waals surface area contributed by atoms with Crippen molar-refractivity contribution < 1.29 is 9.53 Å². The maximum absolute atomic E-state index is 10.8. The Hall–Kier alpha value is -0.770. The molecule has 0 heterocycles. The van der Waals surface area contributed by atoms with Crippen LogP contribution in [0, 0.1) is 0 Å². The van der Waals surface area contributed by atoms with Gasteiger partial charge in [0, 0.05) is 6.54 Å². The minimum Gasteiger partial charge on any atom is -0.449 e. The zero-order chi connectivity index (χ0) is 9.23. The van der Waals surface area contributed by atoms with Gasteiger partial charge in [-0.1, -0.05) is 20.3 Å². The van der Waals surface area contributed by atoms with E-state index in [2.05, 4.69) is 17.8 Å². The first-order chi connectivity index (χ1) is 5.81. The molecular weight excluding hydrogens is 156 g/mol. The molecule has 1 amide bonds. The van der Waals surface area contributed by atoms with Crippen LogP contribution in [0.1, 0.15) is 33.1 Å². The second-order valence-corrected chi connectivity index (χ2v) is 2.54. The molecule has 0 saturated carbocycles. The minimum atomic E-state index is -0.392. The molecule has 0 atom stereocenters. The van der Waals surface area contributed by atoms with Crippen molar-refractivity contribution >= 4 is 6.09 Å². The summed E-state index contributed by atoms with van der Waals surface area (Å²) in [6.07, 6.45) is 2.54. The second-order valence-electron chi connectivity index (χ2n) is 2.54. The fraction of sp³-hybridized carbons (Fsp3) is 0.875. The highest BCUT2D eigenvalue weighted by atomic mass is 16.6. The number of amides is 1. The van der Waals surface area contributed by atoms with Crippen molar-refractivity contribution in [2.75, 3.05) is 13.2 Å². The quantitative estimate of drug-likeness (QED) is 0.473. The maximum atomic E-state index is 10.8. The van der Waals surface area contributed by atoms with Gasteiger partial charge in [0.25, 0.3) is 0 Å². The Balaban J connectivity index is 3.10. The molecular formula is C8H18N2O2. The van der Waals surface area contributed by atoms with Gasteiger partial charge in [-0.2, -0.15) is 0 Å². The highest BCUT2D eigenvalue weighted by Gasteiger charge is 1.97. The SMILES string of the molecule is CCCCOC(=O)NNCCC. The van der Waals surface area contributed by atoms with Gasteiger partial charge in [0.2, 0.25) is 0 Å². The van der Waals surface area contributed by atoms with Gasteiger partial charge in [-0.3, -0.25) is 5.43 Å². The summed E-state index contributed by atoms with van der Waals surface area (Å²) in [5, 5.41) is 0. The van der Waals surface area contributed by atoms with Crippen LogP contribution in [-0.2, 0) is 4.74 Å². The average Bonchev–Trinajstić information content (AvgIpc) is 2.06. The predicted octanol–water partition coefficient (Wildman–Crippen LogP) is 1.43. The van der Waals surface area contributed by atoms with Gasteiger partial charge >= 0.3 is 6.09 Å². The molecule has 0 rings (SSSR count). The Bertz CT molecular complexity index is 106. The summed E-state index contributed by atoms with van der Waals surface area (Å²) < 4.78 is 4.82. The van der Waals surface area contributed by atoms with Gasteiger partial charge < -0.3 is 4.74 Å². The molecule has 2 N–H and O–H groups in total. The molecule has 72 valence electrons. The van der Waals surface area contributed by atoms with E-state index in [0.29, 0.717) is 6.61 Å². The van der Waals surface area contributed by atoms with E-state index in [9.17, 15) is 4.79 Å². The number of nitrogens with one attached hydrogen (secondary N) is 2. The van der Waals surface area contributed by atoms with Crippen LogP contribution in [0.5, 0.6) is 0 Å². The van der Waals surface area contributed by atoms with Crippen molar-refractivity contribution in [1.29, 1.82) is 0 Å². The van der Waals surface area contributed by atoms with Crippen LogP contribution in [0.2, 0.25) is 0 Å². The lowest BCUT2D eigenvalue weighted by Gasteiger charge is -2.06. The average molecular weight is 174 g/mol. The van der Waals surface area contributed by atoms with Crippen LogP contribution in [-0.4, -0.2) is 19.2 Å². The fourth-order valence-electron chi connectivity index (χ4n) is 0.605. The van der Waals surface area contributed by atoms with E-state index < -0.39 is 6.09 Å². The van der Waals surface area contributed by atoms with Crippen molar-refractivity contribution in [3.8, 4) is 0 Å². The van der Waals surface area contributed by atoms with Crippen LogP contribution >= 0.6 is 0 Å². The largest absolute Gasteiger partial charge is 0.449 e. The monoisotopic (exact) mass is 174 g/mol. The van der Waals surface area contributed by atoms with Crippen LogP contribution in [0.3, 0.4) is 0 Å². The molecule has 0 spiro atoms. The molecule has 0 aromatic rings. The molecule has 0 aliphatic carbocycles. The van der Waals surface area contributed by atoms with Crippen LogP contribution in [0.4, 0.5) is 4.79 Å². The van der Waals surface area contributed by atoms with Gasteiger partial charge in [0.1, 0.15) is 0 Å². The van der Waals surface area contributed by atoms with E-state index in [-0.39, 0.29) is 0 Å². The summed E-state index contributed by atoms with van der Waals surface area (Å²) in [6, 6.07) is 0. The Morgan fingerprint density at radius 2 is 2.08 bits per heavy atom. The van der Waals surface area contributed by atoms with Gasteiger partial charge in [-0.05, 0) is 12.8 Å². The van der Waals surface area contributed by atoms with Crippen molar-refractivity contribution in [3.05, 3.63) is 0 Å². The van der Waals surface area contributed by atoms with E-state index in [1.54, 1.807) is 0 Å². The molecule has 12 heavy (non-hydrogen) atoms. The molecule has 4 nitrogen and oxygen atoms in total. The van der Waals surface area contributed by atoms with E-state index in [1.807, 2.05) is 6.92 Å². The Labute approximate surface area is 73.6 Å². The smallest absolute Gasteiger partial charge is 0.421 e. The molecule has 0 fully saturated rings. The third kappa shape index (κ3) is 7.34. The maximum Gasteiger partial charge on any atom is 0.421 e. The third-order valence-corrected chi connectivity index (χ3v) is 1.30. The topological polar surface area (TPSA) is 50.4 Å². The lowest BCUT2D eigenvalue weighted by molar-refractivity contribution is 0.140. The predicted molar refractivity (Wildman–Crippen MR) is 47.7 cm³/mol. The number of hydrogen-bond donors (Lipinski definition) is 2. The number of rotatable bonds is 6. The van der Waals surface area contributed by atoms with E-state index in [4.69, 9.17) is 4.74 Å². The third-order valence-electron chi connectivity index (χ3n) is 1.30. The summed E-state index contributed by atoms with van der Waals surface area (Å²) in [5.74, 6) is 0. The van der Waals surface area contributed by atoms with Gasteiger partial charge in [-0.15, -0.1) is 0 Å². The van der Waals surface area contributed by atoms with Crippen LogP contribution in [0.25, 0.3) is 0 Å². The number of hydrazine groups is 1. The Kier molecular flexibility index (Phi) is 7.79. The lowest BCUT2D eigenvalue weighted by atomic mass is 10.4. The zero-order valence-corrected chi connectivity index (χ0v) is 7.85. The number of unbranched alkanes of at least 4 members (excludes halogenated alkanes) is 1. The molecule has 0 aromatic carbocycles. The molecule has 0 unspecified atom stereocenters. The van der Waals surface area contributed by atoms with Crippen molar-refractivity contribution in [2.24, 2.45) is 0 Å². The van der Waals surface area contributed by atoms with Crippen molar-refractivity contribution in [2.45, 2.75) is 33.1 Å². The summed E-state index contributed by atoms with van der Waals surface area (Å²) in [5.41, 5.74) is 5.17. The molecule has 0 aliphatic rings. The van der Waals surface area contributed by atoms with Crippen LogP contribution in [0.15, 0.2) is 0 Å². The minimum absolute atomic E-state index is 0.392. The first kappa shape index (κ1) is 11.2. The standard InChI is InChI=1S/C8H18N2O2/c1-3-5-7-12-8(11)10-9-6-4-2/h9H,3-7H2,1-2H3,(H,10,11). The Morgan fingerprint density at radius 3 is 2.67 bits per heavy atom. The zero-order valence-electron chi connectivity index (χ0n) is 7.85. The first-order valence-electron chi connectivity index (χ1n) is 4.46. The van der Waals surface area contributed by atoms with E-state index in [0.717, 1.165) is 25.8 Å². The first-order valence-corrected chi connectivity index (χ1v) is 4.46. The molecule has 4 heteroatoms. The summed E-state index contributed by atoms with van der Waals surface area (Å²) in [6.45, 7) is 5.34. The summed E-state index contributed by atoms with van der Waals surface area (Å²) in [7, 11) is 0. The molecule has 0 aliphatic heterocycles. The van der Waals surface area contributed by atoms with E-state index >= 15 is 0 Å². The number of hydrogen-bond acceptors (Lipinski definition) is 3. The van der Waals surface area contributed by atoms with Gasteiger partial charge in [-0.25, -0.2) is 10.2 Å². The number of ether oxygens (including phenoxy) is 1. The normalized spacial score (nSPS) is 9.50. The molecule has 0 bridgehead atoms. The van der Waals surface area contributed by atoms with Crippen molar-refractivity contribution in [1.82, 2.24) is 10.9 Å². The highest BCUT2D eigenvalue weighted by Crippen LogP contribution is 1.87. The molecule has 0 radical (unpaired) electrons. The summed E-state index contributed by atoms with van der Waals surface area (Å²) >= 11 is 0. The number of carbonyl (C=O) groups excluding carboxylic acids is 1. The van der Waals surface area contributed by atoms with Gasteiger partial charge in [0.05, 0.1) is 6.61 Å². The lowest BCUT2D eigenvalue weighted by Crippen LogP contribution is -2.38. The van der Waals surface area contributed by atoms with Gasteiger partial charge in [0.15, 0.2) is 0 Å². The van der Waals surface area contributed by atoms with E-state index in [1.165, 1.54) is 0 Å². The number of carbonyl (C=O) groups is 1. The summed E-state index contributed by atoms with van der Waals surface area (Å²) in [4.78, 5) is 10.8. The fourth-order valence-corrected chi connectivity index (χ4v) is 0.605. The van der Waals surface area contributed by atoms with Crippen molar-refractivity contribution in [3.63, 3.8) is 0 Å². The molecule has 0 saturated heterocycles. The second kappa shape index (κ2) is 8.33.